The van der Waals surface area contributed by atoms with E-state index in [0.29, 0.717) is 16.9 Å². The summed E-state index contributed by atoms with van der Waals surface area (Å²) in [5, 5.41) is 4.23. The fourth-order valence-electron chi connectivity index (χ4n) is 2.25. The lowest BCUT2D eigenvalue weighted by atomic mass is 10.2. The molecule has 0 atom stereocenters. The second-order valence-corrected chi connectivity index (χ2v) is 4.96. The summed E-state index contributed by atoms with van der Waals surface area (Å²) in [7, 11) is 1.60. The van der Waals surface area contributed by atoms with Crippen LogP contribution in [-0.2, 0) is 4.74 Å². The molecule has 24 heavy (non-hydrogen) atoms. The zero-order valence-corrected chi connectivity index (χ0v) is 13.3. The standard InChI is InChI=1S/C18H15N3O3/c1-13-16(17-19-9-5-10-21(17)20-13)18(22)24-11-4-7-14-6-3-8-15(12-14)23-2/h3,5-6,8-10,12H,11H2,1-2H3. The van der Waals surface area contributed by atoms with Crippen LogP contribution < -0.4 is 4.74 Å². The molecule has 3 aromatic rings. The van der Waals surface area contributed by atoms with Crippen molar-refractivity contribution in [2.45, 2.75) is 6.92 Å². The first-order valence-corrected chi connectivity index (χ1v) is 7.29. The Morgan fingerprint density at radius 2 is 2.21 bits per heavy atom. The highest BCUT2D eigenvalue weighted by Crippen LogP contribution is 2.14. The predicted octanol–water partition coefficient (Wildman–Crippen LogP) is 2.25. The van der Waals surface area contributed by atoms with Gasteiger partial charge in [0, 0.05) is 18.0 Å². The van der Waals surface area contributed by atoms with Gasteiger partial charge in [0.25, 0.3) is 0 Å². The van der Waals surface area contributed by atoms with Gasteiger partial charge in [-0.15, -0.1) is 0 Å². The Balaban J connectivity index is 1.70. The molecule has 0 aliphatic carbocycles. The molecule has 0 saturated heterocycles. The Bertz CT molecular complexity index is 951. The number of methoxy groups -OCH3 is 1. The lowest BCUT2D eigenvalue weighted by molar-refractivity contribution is 0.0558. The highest BCUT2D eigenvalue weighted by atomic mass is 16.5. The SMILES string of the molecule is COc1cccc(C#CCOC(=O)c2c(C)nn3cccnc23)c1. The average molecular weight is 321 g/mol. The second kappa shape index (κ2) is 6.84. The molecular formula is C18H15N3O3. The first-order valence-electron chi connectivity index (χ1n) is 7.29. The summed E-state index contributed by atoms with van der Waals surface area (Å²) in [5.74, 6) is 5.99. The van der Waals surface area contributed by atoms with Gasteiger partial charge < -0.3 is 9.47 Å². The van der Waals surface area contributed by atoms with E-state index in [4.69, 9.17) is 9.47 Å². The Morgan fingerprint density at radius 3 is 3.04 bits per heavy atom. The van der Waals surface area contributed by atoms with Crippen LogP contribution in [0.15, 0.2) is 42.7 Å². The molecule has 2 aromatic heterocycles. The third-order valence-corrected chi connectivity index (χ3v) is 3.35. The van der Waals surface area contributed by atoms with Crippen LogP contribution in [0.1, 0.15) is 21.6 Å². The molecule has 6 heteroatoms. The van der Waals surface area contributed by atoms with Crippen LogP contribution in [0.3, 0.4) is 0 Å². The molecular weight excluding hydrogens is 306 g/mol. The average Bonchev–Trinajstić information content (AvgIpc) is 2.94. The summed E-state index contributed by atoms with van der Waals surface area (Å²) in [6.45, 7) is 1.73. The molecule has 0 radical (unpaired) electrons. The maximum atomic E-state index is 12.2. The van der Waals surface area contributed by atoms with Crippen molar-refractivity contribution >= 4 is 11.6 Å². The van der Waals surface area contributed by atoms with Gasteiger partial charge in [-0.25, -0.2) is 14.3 Å². The number of ether oxygens (including phenoxy) is 2. The van der Waals surface area contributed by atoms with Crippen molar-refractivity contribution in [2.24, 2.45) is 0 Å². The normalized spacial score (nSPS) is 10.1. The van der Waals surface area contributed by atoms with E-state index in [1.54, 1.807) is 37.0 Å². The predicted molar refractivity (Wildman–Crippen MR) is 87.9 cm³/mol. The Labute approximate surface area is 139 Å². The number of carbonyl (C=O) groups excluding carboxylic acids is 1. The molecule has 0 fully saturated rings. The van der Waals surface area contributed by atoms with Crippen molar-refractivity contribution in [3.8, 4) is 17.6 Å². The molecule has 0 bridgehead atoms. The fraction of sp³-hybridized carbons (Fsp3) is 0.167. The Morgan fingerprint density at radius 1 is 1.33 bits per heavy atom. The summed E-state index contributed by atoms with van der Waals surface area (Å²) in [6, 6.07) is 9.11. The first kappa shape index (κ1) is 15.6. The van der Waals surface area contributed by atoms with E-state index in [1.807, 2.05) is 24.3 Å². The van der Waals surface area contributed by atoms with Gasteiger partial charge in [-0.05, 0) is 31.2 Å². The minimum atomic E-state index is -0.485. The highest BCUT2D eigenvalue weighted by molar-refractivity contribution is 5.97. The number of esters is 1. The summed E-state index contributed by atoms with van der Waals surface area (Å²) < 4.78 is 11.9. The van der Waals surface area contributed by atoms with Gasteiger partial charge in [0.2, 0.25) is 0 Å². The number of rotatable bonds is 3. The van der Waals surface area contributed by atoms with Crippen LogP contribution >= 0.6 is 0 Å². The zero-order valence-electron chi connectivity index (χ0n) is 13.3. The number of aromatic nitrogens is 3. The van der Waals surface area contributed by atoms with E-state index in [1.165, 1.54) is 0 Å². The van der Waals surface area contributed by atoms with Gasteiger partial charge in [-0.2, -0.15) is 5.10 Å². The molecule has 6 nitrogen and oxygen atoms in total. The van der Waals surface area contributed by atoms with E-state index >= 15 is 0 Å². The molecule has 0 spiro atoms. The number of carbonyl (C=O) groups is 1. The maximum Gasteiger partial charge on any atom is 0.344 e. The third-order valence-electron chi connectivity index (χ3n) is 3.35. The van der Waals surface area contributed by atoms with Gasteiger partial charge in [0.05, 0.1) is 12.8 Å². The van der Waals surface area contributed by atoms with Crippen LogP contribution in [0, 0.1) is 18.8 Å². The number of nitrogens with zero attached hydrogens (tertiary/aromatic N) is 3. The monoisotopic (exact) mass is 321 g/mol. The van der Waals surface area contributed by atoms with E-state index in [0.717, 1.165) is 11.3 Å². The molecule has 1 aromatic carbocycles. The van der Waals surface area contributed by atoms with E-state index in [9.17, 15) is 4.79 Å². The topological polar surface area (TPSA) is 65.7 Å². The number of fused-ring (bicyclic) bond motifs is 1. The minimum Gasteiger partial charge on any atom is -0.497 e. The summed E-state index contributed by atoms with van der Waals surface area (Å²) in [4.78, 5) is 16.4. The van der Waals surface area contributed by atoms with Crippen LogP contribution in [-0.4, -0.2) is 34.3 Å². The molecule has 0 saturated carbocycles. The van der Waals surface area contributed by atoms with Gasteiger partial charge in [0.15, 0.2) is 12.3 Å². The van der Waals surface area contributed by atoms with Crippen LogP contribution in [0.2, 0.25) is 0 Å². The van der Waals surface area contributed by atoms with E-state index in [2.05, 4.69) is 21.9 Å². The Hall–Kier alpha value is -3.33. The first-order chi connectivity index (χ1) is 11.7. The van der Waals surface area contributed by atoms with Crippen LogP contribution in [0.25, 0.3) is 5.65 Å². The molecule has 0 aliphatic rings. The van der Waals surface area contributed by atoms with Crippen molar-refractivity contribution in [3.63, 3.8) is 0 Å². The zero-order chi connectivity index (χ0) is 16.9. The van der Waals surface area contributed by atoms with Gasteiger partial charge in [0.1, 0.15) is 11.3 Å². The summed E-state index contributed by atoms with van der Waals surface area (Å²) in [6.07, 6.45) is 3.34. The molecule has 120 valence electrons. The van der Waals surface area contributed by atoms with Crippen molar-refractivity contribution in [1.29, 1.82) is 0 Å². The molecule has 0 N–H and O–H groups in total. The van der Waals surface area contributed by atoms with Crippen molar-refractivity contribution in [3.05, 3.63) is 59.5 Å². The fourth-order valence-corrected chi connectivity index (χ4v) is 2.25. The van der Waals surface area contributed by atoms with Gasteiger partial charge >= 0.3 is 5.97 Å². The molecule has 0 amide bonds. The smallest absolute Gasteiger partial charge is 0.344 e. The molecule has 0 aliphatic heterocycles. The minimum absolute atomic E-state index is 0.0142. The summed E-state index contributed by atoms with van der Waals surface area (Å²) >= 11 is 0. The lowest BCUT2D eigenvalue weighted by Crippen LogP contribution is -2.07. The van der Waals surface area contributed by atoms with Crippen LogP contribution in [0.4, 0.5) is 0 Å². The maximum absolute atomic E-state index is 12.2. The van der Waals surface area contributed by atoms with E-state index < -0.39 is 5.97 Å². The number of hydrogen-bond acceptors (Lipinski definition) is 5. The molecule has 0 unspecified atom stereocenters. The summed E-state index contributed by atoms with van der Waals surface area (Å²) in [5.41, 5.74) is 2.19. The largest absolute Gasteiger partial charge is 0.497 e. The van der Waals surface area contributed by atoms with Crippen molar-refractivity contribution in [2.75, 3.05) is 13.7 Å². The van der Waals surface area contributed by atoms with Crippen LogP contribution in [0.5, 0.6) is 5.75 Å². The quantitative estimate of drug-likeness (QED) is 0.547. The molecule has 2 heterocycles. The van der Waals surface area contributed by atoms with Crippen molar-refractivity contribution in [1.82, 2.24) is 14.6 Å². The van der Waals surface area contributed by atoms with Gasteiger partial charge in [-0.1, -0.05) is 17.9 Å². The molecule has 3 rings (SSSR count). The second-order valence-electron chi connectivity index (χ2n) is 4.96. The Kier molecular flexibility index (Phi) is 4.43. The number of benzene rings is 1. The number of hydrogen-bond donors (Lipinski definition) is 0. The van der Waals surface area contributed by atoms with E-state index in [-0.39, 0.29) is 6.61 Å². The number of aryl methyl sites for hydroxylation is 1. The van der Waals surface area contributed by atoms with Gasteiger partial charge in [-0.3, -0.25) is 0 Å². The third kappa shape index (κ3) is 3.20. The highest BCUT2D eigenvalue weighted by Gasteiger charge is 2.18. The van der Waals surface area contributed by atoms with Crippen molar-refractivity contribution < 1.29 is 14.3 Å². The lowest BCUT2D eigenvalue weighted by Gasteiger charge is -2.00.